The van der Waals surface area contributed by atoms with E-state index >= 15 is 0 Å². The molecule has 8 heteroatoms. The first kappa shape index (κ1) is 24.3. The van der Waals surface area contributed by atoms with Gasteiger partial charge in [-0.05, 0) is 66.8 Å². The van der Waals surface area contributed by atoms with Crippen LogP contribution in [0.15, 0.2) is 72.8 Å². The van der Waals surface area contributed by atoms with E-state index in [-0.39, 0.29) is 17.5 Å². The van der Waals surface area contributed by atoms with Crippen LogP contribution in [0.2, 0.25) is 0 Å². The fourth-order valence-electron chi connectivity index (χ4n) is 4.36. The average molecular weight is 482 g/mol. The van der Waals surface area contributed by atoms with Gasteiger partial charge in [0, 0.05) is 22.6 Å². The van der Waals surface area contributed by atoms with E-state index < -0.39 is 17.8 Å². The van der Waals surface area contributed by atoms with E-state index in [1.807, 2.05) is 12.1 Å². The Morgan fingerprint density at radius 2 is 1.46 bits per heavy atom. The minimum Gasteiger partial charge on any atom is -0.322 e. The van der Waals surface area contributed by atoms with Gasteiger partial charge in [0.05, 0.1) is 5.56 Å². The summed E-state index contributed by atoms with van der Waals surface area (Å²) in [6, 6.07) is 18.0. The van der Waals surface area contributed by atoms with Crippen LogP contribution in [0.1, 0.15) is 59.5 Å². The van der Waals surface area contributed by atoms with Crippen LogP contribution in [-0.2, 0) is 6.18 Å². The molecule has 5 nitrogen and oxygen atoms in total. The molecule has 3 aromatic rings. The normalized spacial score (nSPS) is 14.3. The highest BCUT2D eigenvalue weighted by atomic mass is 19.4. The van der Waals surface area contributed by atoms with Gasteiger partial charge >= 0.3 is 12.2 Å². The fourth-order valence-corrected chi connectivity index (χ4v) is 4.36. The third kappa shape index (κ3) is 6.41. The second-order valence-corrected chi connectivity index (χ2v) is 8.61. The van der Waals surface area contributed by atoms with Crippen molar-refractivity contribution in [3.63, 3.8) is 0 Å². The van der Waals surface area contributed by atoms with Crippen molar-refractivity contribution in [2.75, 3.05) is 16.0 Å². The molecule has 1 aliphatic rings. The van der Waals surface area contributed by atoms with Crippen molar-refractivity contribution in [3.05, 3.63) is 89.5 Å². The average Bonchev–Trinajstić information content (AvgIpc) is 2.85. The van der Waals surface area contributed by atoms with Crippen molar-refractivity contribution in [3.8, 4) is 0 Å². The summed E-state index contributed by atoms with van der Waals surface area (Å²) >= 11 is 0. The Balaban J connectivity index is 1.55. The highest BCUT2D eigenvalue weighted by Crippen LogP contribution is 2.38. The lowest BCUT2D eigenvalue weighted by Gasteiger charge is -2.25. The zero-order chi connectivity index (χ0) is 24.8. The number of benzene rings is 3. The van der Waals surface area contributed by atoms with Gasteiger partial charge in [-0.1, -0.05) is 49.6 Å². The van der Waals surface area contributed by atoms with E-state index in [0.29, 0.717) is 16.9 Å². The summed E-state index contributed by atoms with van der Waals surface area (Å²) in [5.41, 5.74) is 1.66. The first-order valence-corrected chi connectivity index (χ1v) is 11.6. The predicted molar refractivity (Wildman–Crippen MR) is 131 cm³/mol. The topological polar surface area (TPSA) is 70.2 Å². The Labute approximate surface area is 201 Å². The van der Waals surface area contributed by atoms with Crippen molar-refractivity contribution in [1.29, 1.82) is 0 Å². The maximum Gasteiger partial charge on any atom is 0.416 e. The monoisotopic (exact) mass is 481 g/mol. The van der Waals surface area contributed by atoms with Crippen LogP contribution < -0.4 is 16.0 Å². The molecule has 182 valence electrons. The lowest BCUT2D eigenvalue weighted by Crippen LogP contribution is -2.22. The van der Waals surface area contributed by atoms with Gasteiger partial charge in [0.25, 0.3) is 5.91 Å². The number of rotatable bonds is 5. The Morgan fingerprint density at radius 1 is 0.743 bits per heavy atom. The Morgan fingerprint density at radius 3 is 2.17 bits per heavy atom. The summed E-state index contributed by atoms with van der Waals surface area (Å²) in [6.45, 7) is 0. The Kier molecular flexibility index (Phi) is 7.39. The molecule has 0 atom stereocenters. The van der Waals surface area contributed by atoms with Crippen LogP contribution in [0.5, 0.6) is 0 Å². The maximum atomic E-state index is 13.0. The first-order chi connectivity index (χ1) is 16.8. The van der Waals surface area contributed by atoms with Crippen LogP contribution in [0, 0.1) is 0 Å². The summed E-state index contributed by atoms with van der Waals surface area (Å²) in [7, 11) is 0. The van der Waals surface area contributed by atoms with Gasteiger partial charge < -0.3 is 16.0 Å². The molecule has 1 fully saturated rings. The molecule has 3 aromatic carbocycles. The number of hydrogen-bond acceptors (Lipinski definition) is 2. The largest absolute Gasteiger partial charge is 0.416 e. The number of nitrogens with one attached hydrogen (secondary N) is 3. The first-order valence-electron chi connectivity index (χ1n) is 11.6. The number of amides is 3. The van der Waals surface area contributed by atoms with Gasteiger partial charge in [0.2, 0.25) is 0 Å². The van der Waals surface area contributed by atoms with E-state index in [1.54, 1.807) is 36.4 Å². The molecule has 0 aliphatic heterocycles. The lowest BCUT2D eigenvalue weighted by atomic mass is 9.83. The van der Waals surface area contributed by atoms with Crippen molar-refractivity contribution < 1.29 is 22.8 Å². The van der Waals surface area contributed by atoms with Gasteiger partial charge in [-0.3, -0.25) is 4.79 Å². The highest BCUT2D eigenvalue weighted by Gasteiger charge is 2.30. The fraction of sp³-hybridized carbons (Fsp3) is 0.259. The number of anilines is 3. The molecule has 35 heavy (non-hydrogen) atoms. The molecule has 0 bridgehead atoms. The van der Waals surface area contributed by atoms with Crippen molar-refractivity contribution in [2.24, 2.45) is 0 Å². The van der Waals surface area contributed by atoms with E-state index in [1.165, 1.54) is 18.6 Å². The Bertz CT molecular complexity index is 1190. The molecule has 0 spiro atoms. The minimum absolute atomic E-state index is 0.0325. The van der Waals surface area contributed by atoms with Crippen LogP contribution in [0.3, 0.4) is 0 Å². The molecule has 0 aromatic heterocycles. The molecule has 1 aliphatic carbocycles. The SMILES string of the molecule is O=C(Nc1cccc(C(F)(F)F)c1)Nc1cc(NC(=O)c2ccccc2)ccc1C1CCCCC1. The van der Waals surface area contributed by atoms with E-state index in [4.69, 9.17) is 0 Å². The predicted octanol–water partition coefficient (Wildman–Crippen LogP) is 7.65. The number of carbonyl (C=O) groups excluding carboxylic acids is 2. The molecule has 4 rings (SSSR count). The van der Waals surface area contributed by atoms with Gasteiger partial charge in [-0.2, -0.15) is 13.2 Å². The molecule has 1 saturated carbocycles. The minimum atomic E-state index is -4.51. The van der Waals surface area contributed by atoms with E-state index in [0.717, 1.165) is 43.4 Å². The molecule has 3 amide bonds. The molecular weight excluding hydrogens is 455 g/mol. The van der Waals surface area contributed by atoms with Crippen molar-refractivity contribution in [1.82, 2.24) is 0 Å². The number of alkyl halides is 3. The summed E-state index contributed by atoms with van der Waals surface area (Å²) in [5.74, 6) is -0.0261. The van der Waals surface area contributed by atoms with Gasteiger partial charge in [-0.25, -0.2) is 4.79 Å². The molecule has 0 radical (unpaired) electrons. The smallest absolute Gasteiger partial charge is 0.322 e. The molecule has 0 saturated heterocycles. The molecule has 0 unspecified atom stereocenters. The van der Waals surface area contributed by atoms with E-state index in [2.05, 4.69) is 16.0 Å². The summed E-state index contributed by atoms with van der Waals surface area (Å²) in [4.78, 5) is 25.3. The number of halogens is 3. The third-order valence-corrected chi connectivity index (χ3v) is 6.09. The van der Waals surface area contributed by atoms with Crippen molar-refractivity contribution >= 4 is 29.0 Å². The zero-order valence-electron chi connectivity index (χ0n) is 19.0. The van der Waals surface area contributed by atoms with Gasteiger partial charge in [-0.15, -0.1) is 0 Å². The van der Waals surface area contributed by atoms with Crippen molar-refractivity contribution in [2.45, 2.75) is 44.2 Å². The lowest BCUT2D eigenvalue weighted by molar-refractivity contribution is -0.137. The standard InChI is InChI=1S/C27H26F3N3O2/c28-27(29,30)20-12-7-13-21(16-20)32-26(35)33-24-17-22(31-25(34)19-10-5-2-6-11-19)14-15-23(24)18-8-3-1-4-9-18/h2,5-7,10-18H,1,3-4,8-9H2,(H,31,34)(H2,32,33,35). The second kappa shape index (κ2) is 10.6. The van der Waals surface area contributed by atoms with Crippen LogP contribution in [0.25, 0.3) is 0 Å². The molecular formula is C27H26F3N3O2. The second-order valence-electron chi connectivity index (χ2n) is 8.61. The summed E-state index contributed by atoms with van der Waals surface area (Å²) < 4.78 is 39.1. The number of carbonyl (C=O) groups is 2. The van der Waals surface area contributed by atoms with E-state index in [9.17, 15) is 22.8 Å². The van der Waals surface area contributed by atoms with Gasteiger partial charge in [0.15, 0.2) is 0 Å². The Hall–Kier alpha value is -3.81. The van der Waals surface area contributed by atoms with Crippen LogP contribution in [0.4, 0.5) is 35.0 Å². The molecule has 3 N–H and O–H groups in total. The zero-order valence-corrected chi connectivity index (χ0v) is 19.0. The third-order valence-electron chi connectivity index (χ3n) is 6.09. The maximum absolute atomic E-state index is 13.0. The quantitative estimate of drug-likeness (QED) is 0.350. The van der Waals surface area contributed by atoms with Crippen LogP contribution >= 0.6 is 0 Å². The van der Waals surface area contributed by atoms with Crippen LogP contribution in [-0.4, -0.2) is 11.9 Å². The molecule has 0 heterocycles. The summed E-state index contributed by atoms with van der Waals surface area (Å²) in [6.07, 6.45) is 0.813. The number of hydrogen-bond donors (Lipinski definition) is 3. The highest BCUT2D eigenvalue weighted by molar-refractivity contribution is 6.05. The summed E-state index contributed by atoms with van der Waals surface area (Å²) in [5, 5.41) is 8.11. The van der Waals surface area contributed by atoms with Gasteiger partial charge in [0.1, 0.15) is 0 Å². The number of urea groups is 1.